The van der Waals surface area contributed by atoms with Crippen molar-refractivity contribution >= 4 is 23.2 Å². The number of fused-ring (bicyclic) bond motifs is 4. The monoisotopic (exact) mass is 492 g/mol. The lowest BCUT2D eigenvalue weighted by molar-refractivity contribution is -0.135. The predicted octanol–water partition coefficient (Wildman–Crippen LogP) is 3.36. The van der Waals surface area contributed by atoms with Crippen LogP contribution in [0.5, 0.6) is 11.5 Å². The van der Waals surface area contributed by atoms with E-state index in [0.717, 1.165) is 0 Å². The summed E-state index contributed by atoms with van der Waals surface area (Å²) in [6, 6.07) is 15.3. The highest BCUT2D eigenvalue weighted by Crippen LogP contribution is 2.42. The first-order valence-electron chi connectivity index (χ1n) is 11.5. The fraction of sp³-hybridized carbons (Fsp3) is 0.231. The molecule has 1 fully saturated rings. The molecule has 3 aromatic carbocycles. The van der Waals surface area contributed by atoms with Crippen molar-refractivity contribution in [2.24, 2.45) is 5.92 Å². The molecule has 0 aliphatic carbocycles. The first-order valence-corrected chi connectivity index (χ1v) is 11.5. The average Bonchev–Trinajstić information content (AvgIpc) is 3.45. The largest absolute Gasteiger partial charge is 0.454 e. The minimum absolute atomic E-state index is 0.123. The number of rotatable bonds is 5. The van der Waals surface area contributed by atoms with Gasteiger partial charge in [0.15, 0.2) is 11.5 Å². The van der Waals surface area contributed by atoms with Crippen LogP contribution in [-0.4, -0.2) is 36.7 Å². The van der Waals surface area contributed by atoms with Crippen molar-refractivity contribution in [2.45, 2.75) is 12.6 Å². The van der Waals surface area contributed by atoms with Crippen LogP contribution in [0.15, 0.2) is 60.7 Å². The maximum atomic E-state index is 14.4. The number of nitrogens with zero attached hydrogens (tertiary/aromatic N) is 2. The number of hydrazine groups is 1. The zero-order chi connectivity index (χ0) is 24.8. The third kappa shape index (κ3) is 3.99. The van der Waals surface area contributed by atoms with E-state index >= 15 is 0 Å². The third-order valence-corrected chi connectivity index (χ3v) is 6.64. The van der Waals surface area contributed by atoms with Gasteiger partial charge in [0.25, 0.3) is 0 Å². The molecule has 10 heteroatoms. The molecule has 0 radical (unpaired) electrons. The van der Waals surface area contributed by atoms with E-state index in [1.807, 2.05) is 4.90 Å². The zero-order valence-corrected chi connectivity index (χ0v) is 19.0. The van der Waals surface area contributed by atoms with E-state index in [4.69, 9.17) is 9.47 Å². The van der Waals surface area contributed by atoms with Gasteiger partial charge in [-0.2, -0.15) is 0 Å². The summed E-state index contributed by atoms with van der Waals surface area (Å²) in [4.78, 5) is 27.9. The quantitative estimate of drug-likeness (QED) is 0.569. The number of hydrogen-bond acceptors (Lipinski definition) is 6. The Labute approximate surface area is 205 Å². The van der Waals surface area contributed by atoms with Crippen LogP contribution in [0.4, 0.5) is 20.2 Å². The number of anilines is 2. The highest BCUT2D eigenvalue weighted by atomic mass is 19.1. The van der Waals surface area contributed by atoms with Crippen LogP contribution in [-0.2, 0) is 16.1 Å². The van der Waals surface area contributed by atoms with Gasteiger partial charge in [-0.15, -0.1) is 0 Å². The Morgan fingerprint density at radius 1 is 1.06 bits per heavy atom. The highest BCUT2D eigenvalue weighted by molar-refractivity contribution is 5.96. The van der Waals surface area contributed by atoms with Gasteiger partial charge >= 0.3 is 0 Å². The Morgan fingerprint density at radius 3 is 2.75 bits per heavy atom. The first kappa shape index (κ1) is 22.3. The zero-order valence-electron chi connectivity index (χ0n) is 19.0. The van der Waals surface area contributed by atoms with Gasteiger partial charge in [0.2, 0.25) is 18.6 Å². The first-order chi connectivity index (χ1) is 17.5. The molecular formula is C26H22F2N4O4. The molecule has 2 amide bonds. The van der Waals surface area contributed by atoms with Gasteiger partial charge in [-0.3, -0.25) is 14.6 Å². The van der Waals surface area contributed by atoms with Gasteiger partial charge in [0.05, 0.1) is 12.0 Å². The van der Waals surface area contributed by atoms with Crippen molar-refractivity contribution in [3.63, 3.8) is 0 Å². The summed E-state index contributed by atoms with van der Waals surface area (Å²) in [6.07, 6.45) is 0. The van der Waals surface area contributed by atoms with Crippen LogP contribution in [0.1, 0.15) is 17.2 Å². The molecule has 2 atom stereocenters. The number of amides is 2. The molecule has 0 aromatic heterocycles. The predicted molar refractivity (Wildman–Crippen MR) is 126 cm³/mol. The molecule has 1 saturated heterocycles. The molecule has 3 aliphatic heterocycles. The normalized spacial score (nSPS) is 19.8. The fourth-order valence-electron chi connectivity index (χ4n) is 4.96. The van der Waals surface area contributed by atoms with Gasteiger partial charge in [0.1, 0.15) is 18.2 Å². The summed E-state index contributed by atoms with van der Waals surface area (Å²) < 4.78 is 39.2. The molecule has 184 valence electrons. The average molecular weight is 492 g/mol. The molecule has 0 saturated carbocycles. The summed E-state index contributed by atoms with van der Waals surface area (Å²) in [5.74, 6) is -0.911. The van der Waals surface area contributed by atoms with E-state index in [1.54, 1.807) is 42.5 Å². The number of benzene rings is 3. The Bertz CT molecular complexity index is 1370. The van der Waals surface area contributed by atoms with Crippen LogP contribution >= 0.6 is 0 Å². The molecule has 8 nitrogen and oxygen atoms in total. The van der Waals surface area contributed by atoms with Crippen molar-refractivity contribution in [3.8, 4) is 11.5 Å². The van der Waals surface area contributed by atoms with E-state index in [-0.39, 0.29) is 31.6 Å². The number of halogens is 2. The number of carbonyl (C=O) groups is 2. The van der Waals surface area contributed by atoms with Crippen molar-refractivity contribution in [1.82, 2.24) is 10.4 Å². The van der Waals surface area contributed by atoms with Crippen molar-refractivity contribution < 1.29 is 27.8 Å². The second kappa shape index (κ2) is 8.80. The van der Waals surface area contributed by atoms with Crippen molar-refractivity contribution in [1.29, 1.82) is 0 Å². The Kier molecular flexibility index (Phi) is 5.45. The number of hydrogen-bond donors (Lipinski definition) is 2. The summed E-state index contributed by atoms with van der Waals surface area (Å²) in [5, 5.41) is 4.02. The van der Waals surface area contributed by atoms with Gasteiger partial charge in [-0.1, -0.05) is 18.2 Å². The lowest BCUT2D eigenvalue weighted by atomic mass is 9.88. The van der Waals surface area contributed by atoms with E-state index in [9.17, 15) is 18.4 Å². The maximum absolute atomic E-state index is 14.4. The van der Waals surface area contributed by atoms with Gasteiger partial charge < -0.3 is 19.7 Å². The maximum Gasteiger partial charge on any atom is 0.245 e. The number of ether oxygens (including phenoxy) is 2. The molecule has 3 aliphatic rings. The highest BCUT2D eigenvalue weighted by Gasteiger charge is 2.46. The fourth-order valence-corrected chi connectivity index (χ4v) is 4.96. The summed E-state index contributed by atoms with van der Waals surface area (Å²) in [5.41, 5.74) is 5.39. The molecule has 0 spiro atoms. The number of nitrogens with one attached hydrogen (secondary N) is 2. The van der Waals surface area contributed by atoms with Crippen LogP contribution in [0, 0.1) is 17.6 Å². The summed E-state index contributed by atoms with van der Waals surface area (Å²) in [7, 11) is 0. The standard InChI is InChI=1S/C26H22F2N4O4/c27-16-5-7-21-18(9-16)25-19(12-31(21)11-15-3-1-2-4-20(15)28)26(34)32(30-25)13-24(33)29-17-6-8-22-23(10-17)36-14-35-22/h1-10,19,25,30H,11-14H2,(H,29,33). The van der Waals surface area contributed by atoms with Gasteiger partial charge in [0, 0.05) is 36.1 Å². The lowest BCUT2D eigenvalue weighted by Crippen LogP contribution is -2.41. The Hall–Kier alpha value is -4.18. The Morgan fingerprint density at radius 2 is 1.89 bits per heavy atom. The Balaban J connectivity index is 1.21. The van der Waals surface area contributed by atoms with E-state index in [1.165, 1.54) is 23.2 Å². The van der Waals surface area contributed by atoms with E-state index in [0.29, 0.717) is 40.5 Å². The molecule has 2 unspecified atom stereocenters. The minimum Gasteiger partial charge on any atom is -0.454 e. The summed E-state index contributed by atoms with van der Waals surface area (Å²) in [6.45, 7) is 0.409. The van der Waals surface area contributed by atoms with Crippen molar-refractivity contribution in [2.75, 3.05) is 30.1 Å². The lowest BCUT2D eigenvalue weighted by Gasteiger charge is -2.36. The minimum atomic E-state index is -0.565. The molecule has 0 bridgehead atoms. The second-order valence-corrected chi connectivity index (χ2v) is 8.93. The van der Waals surface area contributed by atoms with E-state index in [2.05, 4.69) is 10.7 Å². The molecular weight excluding hydrogens is 470 g/mol. The van der Waals surface area contributed by atoms with Crippen LogP contribution in [0.3, 0.4) is 0 Å². The van der Waals surface area contributed by atoms with Crippen LogP contribution < -0.4 is 25.1 Å². The second-order valence-electron chi connectivity index (χ2n) is 8.93. The molecule has 3 heterocycles. The molecule has 3 aromatic rings. The molecule has 36 heavy (non-hydrogen) atoms. The third-order valence-electron chi connectivity index (χ3n) is 6.64. The van der Waals surface area contributed by atoms with Crippen molar-refractivity contribution in [3.05, 3.63) is 83.4 Å². The SMILES string of the molecule is O=C(CN1NC2c3cc(F)ccc3N(Cc3ccccc3F)CC2C1=O)Nc1ccc2c(c1)OCO2. The topological polar surface area (TPSA) is 83.1 Å². The number of carbonyl (C=O) groups excluding carboxylic acids is 2. The molecule has 2 N–H and O–H groups in total. The van der Waals surface area contributed by atoms with Gasteiger partial charge in [-0.05, 0) is 42.0 Å². The van der Waals surface area contributed by atoms with Gasteiger partial charge in [-0.25, -0.2) is 14.2 Å². The van der Waals surface area contributed by atoms with E-state index < -0.39 is 23.7 Å². The van der Waals surface area contributed by atoms with Crippen LogP contribution in [0.2, 0.25) is 0 Å². The van der Waals surface area contributed by atoms with Crippen LogP contribution in [0.25, 0.3) is 0 Å². The summed E-state index contributed by atoms with van der Waals surface area (Å²) >= 11 is 0. The molecule has 6 rings (SSSR count). The smallest absolute Gasteiger partial charge is 0.245 e.